The summed E-state index contributed by atoms with van der Waals surface area (Å²) < 4.78 is 52.2. The number of esters is 1. The van der Waals surface area contributed by atoms with Crippen molar-refractivity contribution in [3.05, 3.63) is 89.9 Å². The number of carbonyl (C=O) groups is 2. The van der Waals surface area contributed by atoms with Crippen molar-refractivity contribution in [2.75, 3.05) is 31.3 Å². The minimum atomic E-state index is -3.79. The highest BCUT2D eigenvalue weighted by Gasteiger charge is 2.46. The minimum Gasteiger partial charge on any atom is -0.494 e. The fourth-order valence-electron chi connectivity index (χ4n) is 5.93. The molecule has 3 aromatic carbocycles. The van der Waals surface area contributed by atoms with Crippen molar-refractivity contribution in [2.24, 2.45) is 5.92 Å². The summed E-state index contributed by atoms with van der Waals surface area (Å²) in [5.41, 5.74) is 7.35. The van der Waals surface area contributed by atoms with Gasteiger partial charge in [0.05, 0.1) is 35.8 Å². The number of amides is 1. The number of rotatable bonds is 10. The van der Waals surface area contributed by atoms with Gasteiger partial charge in [-0.05, 0) is 86.2 Å². The van der Waals surface area contributed by atoms with Gasteiger partial charge in [0.25, 0.3) is 0 Å². The van der Waals surface area contributed by atoms with E-state index in [1.807, 2.05) is 6.07 Å². The Hall–Kier alpha value is -4.71. The number of ether oxygens (including phenoxy) is 2. The Balaban J connectivity index is 1.64. The van der Waals surface area contributed by atoms with E-state index in [9.17, 15) is 22.4 Å². The van der Waals surface area contributed by atoms with Crippen LogP contribution in [-0.4, -0.2) is 55.7 Å². The Morgan fingerprint density at radius 1 is 1.11 bits per heavy atom. The van der Waals surface area contributed by atoms with Crippen LogP contribution in [0.3, 0.4) is 0 Å². The molecule has 1 fully saturated rings. The number of nitrogen functional groups attached to an aromatic ring is 1. The molecule has 1 aliphatic heterocycles. The average Bonchev–Trinajstić information content (AvgIpc) is 3.49. The Kier molecular flexibility index (Phi) is 9.47. The molecule has 10 nitrogen and oxygen atoms in total. The van der Waals surface area contributed by atoms with E-state index < -0.39 is 50.8 Å². The number of methoxy groups -OCH3 is 1. The highest BCUT2D eigenvalue weighted by molar-refractivity contribution is 7.92. The minimum absolute atomic E-state index is 0.0507. The zero-order chi connectivity index (χ0) is 33.2. The van der Waals surface area contributed by atoms with Crippen LogP contribution < -0.4 is 15.8 Å². The number of nitrogens with zero attached hydrogens (tertiary/aromatic N) is 2. The van der Waals surface area contributed by atoms with Crippen LogP contribution in [0.1, 0.15) is 50.4 Å². The van der Waals surface area contributed by atoms with Crippen LogP contribution in [0.2, 0.25) is 0 Å². The number of hydrogen-bond acceptors (Lipinski definition) is 9. The molecular weight excluding hydrogens is 611 g/mol. The Morgan fingerprint density at radius 2 is 1.87 bits per heavy atom. The molecule has 0 unspecified atom stereocenters. The molecule has 0 bridgehead atoms. The Morgan fingerprint density at radius 3 is 2.59 bits per heavy atom. The number of halogens is 1. The van der Waals surface area contributed by atoms with Gasteiger partial charge in [0, 0.05) is 23.8 Å². The van der Waals surface area contributed by atoms with E-state index in [4.69, 9.17) is 15.2 Å². The van der Waals surface area contributed by atoms with E-state index in [2.05, 4.69) is 10.3 Å². The molecule has 2 heterocycles. The zero-order valence-corrected chi connectivity index (χ0v) is 26.9. The zero-order valence-electron chi connectivity index (χ0n) is 26.1. The second kappa shape index (κ2) is 13.3. The molecule has 0 aliphatic carbocycles. The highest BCUT2D eigenvalue weighted by Crippen LogP contribution is 2.43. The summed E-state index contributed by atoms with van der Waals surface area (Å²) in [5, 5.41) is 4.08. The number of nitrogens with two attached hydrogens (primary N) is 1. The molecule has 5 rings (SSSR count). The number of hydrogen-bond donors (Lipinski definition) is 2. The molecule has 242 valence electrons. The number of anilines is 2. The Bertz CT molecular complexity index is 1880. The van der Waals surface area contributed by atoms with Crippen LogP contribution in [-0.2, 0) is 24.2 Å². The van der Waals surface area contributed by atoms with E-state index >= 15 is 0 Å². The van der Waals surface area contributed by atoms with E-state index in [-0.39, 0.29) is 30.2 Å². The van der Waals surface area contributed by atoms with E-state index in [0.29, 0.717) is 22.6 Å². The number of likely N-dealkylation sites (tertiary alicyclic amines) is 1. The average molecular weight is 649 g/mol. The molecule has 3 atom stereocenters. The van der Waals surface area contributed by atoms with Crippen molar-refractivity contribution in [1.29, 1.82) is 0 Å². The molecule has 0 radical (unpaired) electrons. The first-order valence-electron chi connectivity index (χ1n) is 15.0. The summed E-state index contributed by atoms with van der Waals surface area (Å²) in [6, 6.07) is 15.7. The van der Waals surface area contributed by atoms with Crippen LogP contribution in [0.4, 0.5) is 15.9 Å². The van der Waals surface area contributed by atoms with Gasteiger partial charge in [-0.2, -0.15) is 0 Å². The molecule has 0 spiro atoms. The van der Waals surface area contributed by atoms with Gasteiger partial charge in [-0.25, -0.2) is 17.8 Å². The maximum Gasteiger partial charge on any atom is 0.311 e. The maximum atomic E-state index is 14.8. The predicted molar refractivity (Wildman–Crippen MR) is 173 cm³/mol. The van der Waals surface area contributed by atoms with Crippen LogP contribution >= 0.6 is 0 Å². The number of carbonyl (C=O) groups excluding carboxylic acids is 2. The number of benzene rings is 3. The summed E-state index contributed by atoms with van der Waals surface area (Å²) in [5.74, 6) is -2.07. The first-order valence-corrected chi connectivity index (χ1v) is 16.6. The number of pyridine rings is 1. The topological polar surface area (TPSA) is 141 Å². The molecular formula is C34H37FN4O6S. The first-order chi connectivity index (χ1) is 22.0. The van der Waals surface area contributed by atoms with Crippen molar-refractivity contribution in [1.82, 2.24) is 9.88 Å². The quantitative estimate of drug-likeness (QED) is 0.215. The predicted octanol–water partition coefficient (Wildman–Crippen LogP) is 5.45. The van der Waals surface area contributed by atoms with Gasteiger partial charge >= 0.3 is 5.97 Å². The molecule has 1 saturated heterocycles. The molecule has 12 heteroatoms. The first kappa shape index (κ1) is 32.7. The lowest BCUT2D eigenvalue weighted by atomic mass is 9.93. The summed E-state index contributed by atoms with van der Waals surface area (Å²) in [4.78, 5) is 33.8. The van der Waals surface area contributed by atoms with Gasteiger partial charge in [0.1, 0.15) is 11.9 Å². The number of sulfone groups is 1. The van der Waals surface area contributed by atoms with Crippen LogP contribution in [0.15, 0.2) is 77.8 Å². The monoisotopic (exact) mass is 648 g/mol. The smallest absolute Gasteiger partial charge is 0.311 e. The van der Waals surface area contributed by atoms with Gasteiger partial charge in [-0.1, -0.05) is 24.3 Å². The van der Waals surface area contributed by atoms with Crippen LogP contribution in [0.25, 0.3) is 10.8 Å². The summed E-state index contributed by atoms with van der Waals surface area (Å²) >= 11 is 0. The summed E-state index contributed by atoms with van der Waals surface area (Å²) in [6.45, 7) is 5.14. The molecule has 1 aromatic heterocycles. The number of aromatic nitrogens is 1. The van der Waals surface area contributed by atoms with Crippen molar-refractivity contribution in [3.63, 3.8) is 0 Å². The second-order valence-corrected chi connectivity index (χ2v) is 13.8. The normalized spacial score (nSPS) is 17.2. The third-order valence-electron chi connectivity index (χ3n) is 8.30. The van der Waals surface area contributed by atoms with Crippen molar-refractivity contribution >= 4 is 44.0 Å². The third-order valence-corrected chi connectivity index (χ3v) is 10.5. The molecule has 3 N–H and O–H groups in total. The molecule has 4 aromatic rings. The van der Waals surface area contributed by atoms with Crippen LogP contribution in [0.5, 0.6) is 5.75 Å². The van der Waals surface area contributed by atoms with E-state index in [0.717, 1.165) is 10.8 Å². The standard InChI is InChI=1S/C34H37FN4O6S/c1-5-45-34(41)26-15-17-39(31(26)25-8-6-7-9-29(25)46(42,43)20(2)3)33(40)30(22-10-13-27(35)28(19-22)44-4)38-23-11-12-24-21(18-23)14-16-37-32(24)36/h6-14,16,18-20,26,30-31,38H,5,15,17H2,1-4H3,(H2,36,37)/t26-,30+,31-/m0/s1. The van der Waals surface area contributed by atoms with Gasteiger partial charge in [-0.3, -0.25) is 9.59 Å². The molecule has 46 heavy (non-hydrogen) atoms. The van der Waals surface area contributed by atoms with Crippen molar-refractivity contribution in [2.45, 2.75) is 49.4 Å². The lowest BCUT2D eigenvalue weighted by Crippen LogP contribution is -2.40. The molecule has 0 saturated carbocycles. The Labute approximate surface area is 267 Å². The fraction of sp³-hybridized carbons (Fsp3) is 0.324. The second-order valence-electron chi connectivity index (χ2n) is 11.4. The number of nitrogens with one attached hydrogen (secondary N) is 1. The maximum absolute atomic E-state index is 14.8. The third kappa shape index (κ3) is 6.21. The van der Waals surface area contributed by atoms with Gasteiger partial charge in [-0.15, -0.1) is 0 Å². The lowest BCUT2D eigenvalue weighted by molar-refractivity contribution is -0.149. The fourth-order valence-corrected chi connectivity index (χ4v) is 7.22. The number of fused-ring (bicyclic) bond motifs is 1. The largest absolute Gasteiger partial charge is 0.494 e. The van der Waals surface area contributed by atoms with Gasteiger partial charge in [0.2, 0.25) is 5.91 Å². The van der Waals surface area contributed by atoms with Gasteiger partial charge in [0.15, 0.2) is 21.4 Å². The lowest BCUT2D eigenvalue weighted by Gasteiger charge is -2.33. The van der Waals surface area contributed by atoms with Crippen molar-refractivity contribution in [3.8, 4) is 5.75 Å². The SMILES string of the molecule is CCOC(=O)[C@H]1CCN(C(=O)[C@H](Nc2ccc3c(N)nccc3c2)c2ccc(F)c(OC)c2)[C@H]1c1ccccc1S(=O)(=O)C(C)C. The van der Waals surface area contributed by atoms with E-state index in [1.165, 1.54) is 36.3 Å². The molecule has 1 amide bonds. The van der Waals surface area contributed by atoms with Crippen LogP contribution in [0, 0.1) is 11.7 Å². The highest BCUT2D eigenvalue weighted by atomic mass is 32.2. The molecule has 1 aliphatic rings. The van der Waals surface area contributed by atoms with E-state index in [1.54, 1.807) is 63.4 Å². The van der Waals surface area contributed by atoms with Gasteiger partial charge < -0.3 is 25.4 Å². The summed E-state index contributed by atoms with van der Waals surface area (Å²) in [7, 11) is -2.46. The van der Waals surface area contributed by atoms with Crippen molar-refractivity contribution < 1.29 is 31.9 Å². The summed E-state index contributed by atoms with van der Waals surface area (Å²) in [6.07, 6.45) is 1.84.